The standard InChI is InChI=1S/C22H22Cl3N3O2/c1-4-10-28(21(29)16-8-6-14(23)11-18(16)25)13(3)20-26-19-12-15(24)7-9-17(19)22(30)27(20)5-2/h6-9,11-13H,4-5,10H2,1-3H3. The summed E-state index contributed by atoms with van der Waals surface area (Å²) in [6, 6.07) is 9.35. The van der Waals surface area contributed by atoms with E-state index >= 15 is 0 Å². The van der Waals surface area contributed by atoms with E-state index in [0.29, 0.717) is 45.4 Å². The van der Waals surface area contributed by atoms with Gasteiger partial charge in [0.25, 0.3) is 11.5 Å². The molecule has 0 saturated carbocycles. The van der Waals surface area contributed by atoms with Crippen molar-refractivity contribution in [3.63, 3.8) is 0 Å². The highest BCUT2D eigenvalue weighted by Crippen LogP contribution is 2.27. The van der Waals surface area contributed by atoms with Crippen molar-refractivity contribution in [3.8, 4) is 0 Å². The van der Waals surface area contributed by atoms with E-state index in [1.807, 2.05) is 20.8 Å². The second-order valence-electron chi connectivity index (χ2n) is 6.98. The summed E-state index contributed by atoms with van der Waals surface area (Å²) in [7, 11) is 0. The van der Waals surface area contributed by atoms with Crippen LogP contribution in [0.2, 0.25) is 15.1 Å². The molecule has 0 N–H and O–H groups in total. The molecule has 0 aliphatic rings. The van der Waals surface area contributed by atoms with Gasteiger partial charge in [-0.1, -0.05) is 41.7 Å². The minimum Gasteiger partial charge on any atom is -0.329 e. The predicted octanol–water partition coefficient (Wildman–Crippen LogP) is 5.99. The average molecular weight is 467 g/mol. The number of benzene rings is 2. The number of carbonyl (C=O) groups is 1. The summed E-state index contributed by atoms with van der Waals surface area (Å²) in [5.74, 6) is 0.262. The van der Waals surface area contributed by atoms with Crippen LogP contribution in [-0.2, 0) is 6.54 Å². The molecule has 2 aromatic carbocycles. The third kappa shape index (κ3) is 4.34. The Bertz CT molecular complexity index is 1160. The summed E-state index contributed by atoms with van der Waals surface area (Å²) >= 11 is 18.4. The minimum atomic E-state index is -0.458. The fourth-order valence-electron chi connectivity index (χ4n) is 3.50. The SMILES string of the molecule is CCCN(C(=O)c1ccc(Cl)cc1Cl)C(C)c1nc2cc(Cl)ccc2c(=O)n1CC. The number of rotatable bonds is 6. The average Bonchev–Trinajstić information content (AvgIpc) is 2.70. The van der Waals surface area contributed by atoms with Crippen molar-refractivity contribution in [1.82, 2.24) is 14.5 Å². The first kappa shape index (κ1) is 22.6. The second kappa shape index (κ2) is 9.38. The number of hydrogen-bond acceptors (Lipinski definition) is 3. The monoisotopic (exact) mass is 465 g/mol. The molecular formula is C22H22Cl3N3O2. The molecule has 30 heavy (non-hydrogen) atoms. The second-order valence-corrected chi connectivity index (χ2v) is 8.26. The molecule has 1 aromatic heterocycles. The van der Waals surface area contributed by atoms with Gasteiger partial charge < -0.3 is 4.90 Å². The Morgan fingerprint density at radius 2 is 1.77 bits per heavy atom. The van der Waals surface area contributed by atoms with Crippen LogP contribution in [-0.4, -0.2) is 26.9 Å². The van der Waals surface area contributed by atoms with Gasteiger partial charge in [0.1, 0.15) is 5.82 Å². The van der Waals surface area contributed by atoms with E-state index in [-0.39, 0.29) is 16.5 Å². The number of carbonyl (C=O) groups excluding carboxylic acids is 1. The van der Waals surface area contributed by atoms with Crippen LogP contribution in [0.5, 0.6) is 0 Å². The fraction of sp³-hybridized carbons (Fsp3) is 0.318. The maximum absolute atomic E-state index is 13.3. The lowest BCUT2D eigenvalue weighted by atomic mass is 10.1. The van der Waals surface area contributed by atoms with Crippen molar-refractivity contribution >= 4 is 51.6 Å². The quantitative estimate of drug-likeness (QED) is 0.448. The first-order chi connectivity index (χ1) is 14.3. The van der Waals surface area contributed by atoms with E-state index in [9.17, 15) is 9.59 Å². The van der Waals surface area contributed by atoms with Crippen LogP contribution in [0, 0.1) is 0 Å². The molecule has 3 aromatic rings. The number of aromatic nitrogens is 2. The van der Waals surface area contributed by atoms with Crippen molar-refractivity contribution in [2.24, 2.45) is 0 Å². The Morgan fingerprint density at radius 3 is 2.40 bits per heavy atom. The van der Waals surface area contributed by atoms with Gasteiger partial charge in [-0.2, -0.15) is 0 Å². The maximum Gasteiger partial charge on any atom is 0.261 e. The molecule has 1 atom stereocenters. The molecule has 0 spiro atoms. The van der Waals surface area contributed by atoms with Crippen LogP contribution in [0.3, 0.4) is 0 Å². The summed E-state index contributed by atoms with van der Waals surface area (Å²) in [4.78, 5) is 32.8. The predicted molar refractivity (Wildman–Crippen MR) is 123 cm³/mol. The number of halogens is 3. The van der Waals surface area contributed by atoms with E-state index in [1.165, 1.54) is 0 Å². The summed E-state index contributed by atoms with van der Waals surface area (Å²) in [5, 5.41) is 1.73. The first-order valence-electron chi connectivity index (χ1n) is 9.74. The van der Waals surface area contributed by atoms with Crippen LogP contribution in [0.25, 0.3) is 10.9 Å². The number of amides is 1. The van der Waals surface area contributed by atoms with Gasteiger partial charge in [-0.25, -0.2) is 4.98 Å². The Kier molecular flexibility index (Phi) is 7.06. The largest absolute Gasteiger partial charge is 0.329 e. The highest BCUT2D eigenvalue weighted by Gasteiger charge is 2.27. The van der Waals surface area contributed by atoms with Gasteiger partial charge in [-0.05, 0) is 56.7 Å². The van der Waals surface area contributed by atoms with Crippen molar-refractivity contribution < 1.29 is 4.79 Å². The van der Waals surface area contributed by atoms with E-state index in [4.69, 9.17) is 39.8 Å². The molecule has 5 nitrogen and oxygen atoms in total. The lowest BCUT2D eigenvalue weighted by molar-refractivity contribution is 0.0679. The normalized spacial score (nSPS) is 12.2. The van der Waals surface area contributed by atoms with Gasteiger partial charge >= 0.3 is 0 Å². The molecule has 1 unspecified atom stereocenters. The zero-order valence-corrected chi connectivity index (χ0v) is 19.2. The number of hydrogen-bond donors (Lipinski definition) is 0. The van der Waals surface area contributed by atoms with Crippen LogP contribution < -0.4 is 5.56 Å². The molecule has 8 heteroatoms. The molecule has 0 aliphatic heterocycles. The number of nitrogens with zero attached hydrogens (tertiary/aromatic N) is 3. The third-order valence-corrected chi connectivity index (χ3v) is 5.77. The van der Waals surface area contributed by atoms with E-state index in [1.54, 1.807) is 45.9 Å². The lowest BCUT2D eigenvalue weighted by Crippen LogP contribution is -2.38. The molecule has 0 saturated heterocycles. The Labute approximate surface area is 190 Å². The topological polar surface area (TPSA) is 55.2 Å². The number of fused-ring (bicyclic) bond motifs is 1. The molecule has 0 radical (unpaired) electrons. The maximum atomic E-state index is 13.3. The fourth-order valence-corrected chi connectivity index (χ4v) is 4.16. The first-order valence-corrected chi connectivity index (χ1v) is 10.9. The van der Waals surface area contributed by atoms with Crippen molar-refractivity contribution in [1.29, 1.82) is 0 Å². The molecule has 0 bridgehead atoms. The third-order valence-electron chi connectivity index (χ3n) is 4.99. The molecule has 1 amide bonds. The summed E-state index contributed by atoms with van der Waals surface area (Å²) in [5.41, 5.74) is 0.706. The molecule has 0 fully saturated rings. The summed E-state index contributed by atoms with van der Waals surface area (Å²) in [6.07, 6.45) is 0.733. The van der Waals surface area contributed by atoms with Gasteiger partial charge in [0.05, 0.1) is 27.5 Å². The van der Waals surface area contributed by atoms with Gasteiger partial charge in [-0.15, -0.1) is 0 Å². The molecule has 0 aliphatic carbocycles. The van der Waals surface area contributed by atoms with Gasteiger partial charge in [0.2, 0.25) is 0 Å². The van der Waals surface area contributed by atoms with Crippen LogP contribution in [0.1, 0.15) is 49.4 Å². The molecular weight excluding hydrogens is 445 g/mol. The smallest absolute Gasteiger partial charge is 0.261 e. The van der Waals surface area contributed by atoms with Crippen LogP contribution >= 0.6 is 34.8 Å². The molecule has 1 heterocycles. The van der Waals surface area contributed by atoms with Gasteiger partial charge in [0, 0.05) is 23.1 Å². The van der Waals surface area contributed by atoms with Gasteiger partial charge in [-0.3, -0.25) is 14.2 Å². The highest BCUT2D eigenvalue weighted by atomic mass is 35.5. The van der Waals surface area contributed by atoms with E-state index < -0.39 is 6.04 Å². The molecule has 3 rings (SSSR count). The van der Waals surface area contributed by atoms with Crippen molar-refractivity contribution in [3.05, 3.63) is 73.2 Å². The Hall–Kier alpha value is -2.08. The zero-order chi connectivity index (χ0) is 22.0. The summed E-state index contributed by atoms with van der Waals surface area (Å²) < 4.78 is 1.60. The lowest BCUT2D eigenvalue weighted by Gasteiger charge is -2.30. The van der Waals surface area contributed by atoms with Crippen LogP contribution in [0.4, 0.5) is 0 Å². The van der Waals surface area contributed by atoms with E-state index in [2.05, 4.69) is 0 Å². The van der Waals surface area contributed by atoms with E-state index in [0.717, 1.165) is 6.42 Å². The minimum absolute atomic E-state index is 0.158. The van der Waals surface area contributed by atoms with Crippen molar-refractivity contribution in [2.75, 3.05) is 6.54 Å². The van der Waals surface area contributed by atoms with Gasteiger partial charge in [0.15, 0.2) is 0 Å². The van der Waals surface area contributed by atoms with Crippen molar-refractivity contribution in [2.45, 2.75) is 39.8 Å². The Balaban J connectivity index is 2.13. The molecule has 158 valence electrons. The van der Waals surface area contributed by atoms with Crippen LogP contribution in [0.15, 0.2) is 41.2 Å². The zero-order valence-electron chi connectivity index (χ0n) is 17.0. The highest BCUT2D eigenvalue weighted by molar-refractivity contribution is 6.36. The Morgan fingerprint density at radius 1 is 1.10 bits per heavy atom. The summed E-state index contributed by atoms with van der Waals surface area (Å²) in [6.45, 7) is 6.63.